The summed E-state index contributed by atoms with van der Waals surface area (Å²) in [4.78, 5) is 22.9. The molecule has 4 heteroatoms. The summed E-state index contributed by atoms with van der Waals surface area (Å²) >= 11 is 0. The fraction of sp³-hybridized carbons (Fsp3) is 0.500. The van der Waals surface area contributed by atoms with Gasteiger partial charge in [-0.25, -0.2) is 0 Å². The molecule has 2 rings (SSSR count). The molecule has 1 aliphatic carbocycles. The average molecular weight is 222 g/mol. The molecule has 3 unspecified atom stereocenters. The molecule has 0 aromatic heterocycles. The Morgan fingerprint density at radius 3 is 2.94 bits per heavy atom. The first-order chi connectivity index (χ1) is 7.45. The Bertz CT molecular complexity index is 403. The number of ether oxygens (including phenoxy) is 1. The van der Waals surface area contributed by atoms with Crippen molar-refractivity contribution in [2.24, 2.45) is 11.8 Å². The van der Waals surface area contributed by atoms with E-state index in [-0.39, 0.29) is 12.3 Å². The van der Waals surface area contributed by atoms with Gasteiger partial charge in [-0.15, -0.1) is 0 Å². The Morgan fingerprint density at radius 1 is 1.62 bits per heavy atom. The van der Waals surface area contributed by atoms with Gasteiger partial charge in [-0.3, -0.25) is 4.79 Å². The number of carbonyl (C=O) groups is 2. The number of aliphatic hydroxyl groups is 1. The molecule has 4 nitrogen and oxygen atoms in total. The lowest BCUT2D eigenvalue weighted by Crippen LogP contribution is -2.48. The smallest absolute Gasteiger partial charge is 0.175 e. The number of aldehydes is 1. The Balaban J connectivity index is 2.41. The zero-order valence-electron chi connectivity index (χ0n) is 9.27. The van der Waals surface area contributed by atoms with E-state index in [0.717, 1.165) is 5.57 Å². The first-order valence-electron chi connectivity index (χ1n) is 5.22. The van der Waals surface area contributed by atoms with Crippen LogP contribution in [0, 0.1) is 11.8 Å². The van der Waals surface area contributed by atoms with E-state index in [1.54, 1.807) is 13.0 Å². The van der Waals surface area contributed by atoms with Gasteiger partial charge in [-0.2, -0.15) is 0 Å². The van der Waals surface area contributed by atoms with Crippen LogP contribution >= 0.6 is 0 Å². The SMILES string of the molecule is CC1=CC2C(=CO1)CC(C)(O)C(=O)C2C=O. The monoisotopic (exact) mass is 222 g/mol. The quantitative estimate of drug-likeness (QED) is 0.530. The van der Waals surface area contributed by atoms with E-state index < -0.39 is 17.3 Å². The maximum atomic E-state index is 11.9. The van der Waals surface area contributed by atoms with Gasteiger partial charge in [0.1, 0.15) is 11.9 Å². The number of allylic oxidation sites excluding steroid dienone is 2. The van der Waals surface area contributed by atoms with E-state index in [1.165, 1.54) is 13.2 Å². The molecule has 0 bridgehead atoms. The van der Waals surface area contributed by atoms with Crippen LogP contribution in [-0.2, 0) is 14.3 Å². The third-order valence-corrected chi connectivity index (χ3v) is 3.15. The summed E-state index contributed by atoms with van der Waals surface area (Å²) in [7, 11) is 0. The number of hydrogen-bond donors (Lipinski definition) is 1. The van der Waals surface area contributed by atoms with Crippen LogP contribution in [0.25, 0.3) is 0 Å². The molecule has 86 valence electrons. The van der Waals surface area contributed by atoms with Crippen molar-refractivity contribution in [2.45, 2.75) is 25.9 Å². The van der Waals surface area contributed by atoms with Gasteiger partial charge in [0, 0.05) is 12.3 Å². The molecule has 16 heavy (non-hydrogen) atoms. The van der Waals surface area contributed by atoms with E-state index in [9.17, 15) is 14.7 Å². The molecule has 1 aliphatic heterocycles. The van der Waals surface area contributed by atoms with Crippen molar-refractivity contribution in [1.82, 2.24) is 0 Å². The van der Waals surface area contributed by atoms with E-state index in [1.807, 2.05) is 0 Å². The van der Waals surface area contributed by atoms with Crippen LogP contribution in [0.3, 0.4) is 0 Å². The van der Waals surface area contributed by atoms with Crippen molar-refractivity contribution < 1.29 is 19.4 Å². The summed E-state index contributed by atoms with van der Waals surface area (Å²) in [6.45, 7) is 3.21. The third-order valence-electron chi connectivity index (χ3n) is 3.15. The van der Waals surface area contributed by atoms with E-state index >= 15 is 0 Å². The largest absolute Gasteiger partial charge is 0.470 e. The maximum absolute atomic E-state index is 11.9. The number of ketones is 1. The Labute approximate surface area is 93.6 Å². The second kappa shape index (κ2) is 3.56. The number of hydrogen-bond acceptors (Lipinski definition) is 4. The highest BCUT2D eigenvalue weighted by Gasteiger charge is 2.47. The average Bonchev–Trinajstić information content (AvgIpc) is 2.21. The molecule has 2 aliphatic rings. The van der Waals surface area contributed by atoms with E-state index in [0.29, 0.717) is 12.0 Å². The third kappa shape index (κ3) is 1.59. The highest BCUT2D eigenvalue weighted by Crippen LogP contribution is 2.40. The molecule has 0 aromatic rings. The van der Waals surface area contributed by atoms with Crippen molar-refractivity contribution in [3.8, 4) is 0 Å². The standard InChI is InChI=1S/C12H14O4/c1-7-3-9-8(6-16-7)4-12(2,15)11(14)10(9)5-13/h3,5-6,9-10,15H,4H2,1-2H3. The molecule has 0 aromatic carbocycles. The zero-order valence-corrected chi connectivity index (χ0v) is 9.27. The van der Waals surface area contributed by atoms with E-state index in [4.69, 9.17) is 4.74 Å². The number of rotatable bonds is 1. The maximum Gasteiger partial charge on any atom is 0.175 e. The second-order valence-corrected chi connectivity index (χ2v) is 4.59. The minimum absolute atomic E-state index is 0.227. The predicted octanol–water partition coefficient (Wildman–Crippen LogP) is 0.959. The zero-order chi connectivity index (χ0) is 11.9. The summed E-state index contributed by atoms with van der Waals surface area (Å²) < 4.78 is 5.23. The Kier molecular flexibility index (Phi) is 2.46. The van der Waals surface area contributed by atoms with Crippen molar-refractivity contribution >= 4 is 12.1 Å². The highest BCUT2D eigenvalue weighted by atomic mass is 16.5. The van der Waals surface area contributed by atoms with Crippen molar-refractivity contribution in [3.63, 3.8) is 0 Å². The lowest BCUT2D eigenvalue weighted by atomic mass is 9.69. The fourth-order valence-corrected chi connectivity index (χ4v) is 2.29. The lowest BCUT2D eigenvalue weighted by Gasteiger charge is -2.37. The van der Waals surface area contributed by atoms with Gasteiger partial charge in [0.15, 0.2) is 5.78 Å². The molecule has 0 saturated heterocycles. The number of Topliss-reactive ketones (excluding diaryl/α,β-unsaturated/α-hetero) is 1. The van der Waals surface area contributed by atoms with Gasteiger partial charge in [-0.05, 0) is 25.5 Å². The summed E-state index contributed by atoms with van der Waals surface area (Å²) in [6.07, 6.45) is 4.15. The van der Waals surface area contributed by atoms with Gasteiger partial charge >= 0.3 is 0 Å². The van der Waals surface area contributed by atoms with Crippen LogP contribution in [0.15, 0.2) is 23.7 Å². The van der Waals surface area contributed by atoms with Crippen molar-refractivity contribution in [3.05, 3.63) is 23.7 Å². The van der Waals surface area contributed by atoms with Crippen molar-refractivity contribution in [2.75, 3.05) is 0 Å². The van der Waals surface area contributed by atoms with Crippen LogP contribution in [0.5, 0.6) is 0 Å². The minimum Gasteiger partial charge on any atom is -0.470 e. The van der Waals surface area contributed by atoms with Gasteiger partial charge in [0.2, 0.25) is 0 Å². The summed E-state index contributed by atoms with van der Waals surface area (Å²) in [5.41, 5.74) is -0.664. The van der Waals surface area contributed by atoms with Gasteiger partial charge in [0.25, 0.3) is 0 Å². The first kappa shape index (κ1) is 11.1. The number of carbonyl (C=O) groups excluding carboxylic acids is 2. The highest BCUT2D eigenvalue weighted by molar-refractivity contribution is 6.00. The number of fused-ring (bicyclic) bond motifs is 1. The fourth-order valence-electron chi connectivity index (χ4n) is 2.29. The van der Waals surface area contributed by atoms with E-state index in [2.05, 4.69) is 0 Å². The molecule has 1 heterocycles. The summed E-state index contributed by atoms with van der Waals surface area (Å²) in [6, 6.07) is 0. The molecular weight excluding hydrogens is 208 g/mol. The topological polar surface area (TPSA) is 63.6 Å². The normalized spacial score (nSPS) is 38.1. The molecule has 3 atom stereocenters. The van der Waals surface area contributed by atoms with Crippen LogP contribution in [0.4, 0.5) is 0 Å². The second-order valence-electron chi connectivity index (χ2n) is 4.59. The van der Waals surface area contributed by atoms with Crippen LogP contribution in [-0.4, -0.2) is 22.8 Å². The Hall–Kier alpha value is -1.42. The molecule has 0 amide bonds. The van der Waals surface area contributed by atoms with Gasteiger partial charge in [0.05, 0.1) is 17.9 Å². The molecular formula is C12H14O4. The van der Waals surface area contributed by atoms with Crippen LogP contribution < -0.4 is 0 Å². The van der Waals surface area contributed by atoms with Gasteiger partial charge in [-0.1, -0.05) is 0 Å². The predicted molar refractivity (Wildman–Crippen MR) is 56.2 cm³/mol. The van der Waals surface area contributed by atoms with Gasteiger partial charge < -0.3 is 14.6 Å². The molecule has 1 saturated carbocycles. The molecule has 0 spiro atoms. The Morgan fingerprint density at radius 2 is 2.31 bits per heavy atom. The minimum atomic E-state index is -1.46. The van der Waals surface area contributed by atoms with Crippen molar-refractivity contribution in [1.29, 1.82) is 0 Å². The summed E-state index contributed by atoms with van der Waals surface area (Å²) in [5.74, 6) is -0.779. The molecule has 1 N–H and O–H groups in total. The molecule has 0 radical (unpaired) electrons. The summed E-state index contributed by atoms with van der Waals surface area (Å²) in [5, 5.41) is 9.92. The molecule has 1 fully saturated rings. The van der Waals surface area contributed by atoms with Crippen LogP contribution in [0.2, 0.25) is 0 Å². The lowest BCUT2D eigenvalue weighted by molar-refractivity contribution is -0.145. The van der Waals surface area contributed by atoms with Crippen LogP contribution in [0.1, 0.15) is 20.3 Å². The first-order valence-corrected chi connectivity index (χ1v) is 5.22.